The van der Waals surface area contributed by atoms with Crippen LogP contribution in [0.5, 0.6) is 5.75 Å². The minimum absolute atomic E-state index is 0.0820. The molecule has 122 valence electrons. The van der Waals surface area contributed by atoms with Crippen molar-refractivity contribution in [1.29, 1.82) is 0 Å². The number of para-hydroxylation sites is 1. The molecule has 0 unspecified atom stereocenters. The Hall–Kier alpha value is -2.70. The summed E-state index contributed by atoms with van der Waals surface area (Å²) in [5.74, 6) is -1.83. The van der Waals surface area contributed by atoms with Gasteiger partial charge in [-0.25, -0.2) is 4.39 Å². The molecule has 2 aromatic rings. The van der Waals surface area contributed by atoms with E-state index in [1.165, 1.54) is 6.07 Å². The first-order chi connectivity index (χ1) is 11.0. The summed E-state index contributed by atoms with van der Waals surface area (Å²) in [6.45, 7) is -2.82. The van der Waals surface area contributed by atoms with E-state index in [2.05, 4.69) is 10.1 Å². The molecule has 2 aromatic carbocycles. The summed E-state index contributed by atoms with van der Waals surface area (Å²) in [5.41, 5.74) is 7.14. The molecule has 0 spiro atoms. The summed E-state index contributed by atoms with van der Waals surface area (Å²) in [4.78, 5) is 11.0. The second-order valence-corrected chi connectivity index (χ2v) is 4.80. The van der Waals surface area contributed by atoms with Crippen molar-refractivity contribution in [3.05, 3.63) is 59.4 Å². The zero-order chi connectivity index (χ0) is 16.8. The molecule has 0 atom stereocenters. The van der Waals surface area contributed by atoms with E-state index in [0.29, 0.717) is 11.3 Å². The van der Waals surface area contributed by atoms with Crippen LogP contribution in [-0.2, 0) is 17.8 Å². The van der Waals surface area contributed by atoms with Crippen LogP contribution in [0.3, 0.4) is 0 Å². The van der Waals surface area contributed by atoms with Gasteiger partial charge in [0.2, 0.25) is 5.91 Å². The highest BCUT2D eigenvalue weighted by Crippen LogP contribution is 2.22. The quantitative estimate of drug-likeness (QED) is 0.823. The van der Waals surface area contributed by atoms with Crippen molar-refractivity contribution in [3.8, 4) is 5.75 Å². The maximum absolute atomic E-state index is 13.6. The van der Waals surface area contributed by atoms with Crippen LogP contribution in [0.25, 0.3) is 0 Å². The summed E-state index contributed by atoms with van der Waals surface area (Å²) in [6.07, 6.45) is 0.0820. The molecule has 2 rings (SSSR count). The van der Waals surface area contributed by atoms with Crippen LogP contribution in [0.2, 0.25) is 0 Å². The zero-order valence-corrected chi connectivity index (χ0v) is 12.1. The third-order valence-electron chi connectivity index (χ3n) is 3.08. The van der Waals surface area contributed by atoms with Gasteiger partial charge >= 0.3 is 6.61 Å². The fourth-order valence-electron chi connectivity index (χ4n) is 2.08. The fourth-order valence-corrected chi connectivity index (χ4v) is 2.08. The van der Waals surface area contributed by atoms with Crippen LogP contribution in [0.4, 0.5) is 18.9 Å². The van der Waals surface area contributed by atoms with Gasteiger partial charge in [-0.1, -0.05) is 24.3 Å². The number of halogens is 3. The average molecular weight is 324 g/mol. The lowest BCUT2D eigenvalue weighted by Gasteiger charge is -2.12. The van der Waals surface area contributed by atoms with Gasteiger partial charge in [-0.2, -0.15) is 8.78 Å². The molecule has 7 heteroatoms. The van der Waals surface area contributed by atoms with E-state index in [4.69, 9.17) is 5.73 Å². The molecule has 0 saturated carbocycles. The molecule has 0 heterocycles. The van der Waals surface area contributed by atoms with Crippen LogP contribution < -0.4 is 15.8 Å². The van der Waals surface area contributed by atoms with E-state index < -0.39 is 24.1 Å². The lowest BCUT2D eigenvalue weighted by Crippen LogP contribution is -2.15. The van der Waals surface area contributed by atoms with Gasteiger partial charge in [-0.05, 0) is 29.3 Å². The predicted molar refractivity (Wildman–Crippen MR) is 79.7 cm³/mol. The smallest absolute Gasteiger partial charge is 0.387 e. The lowest BCUT2D eigenvalue weighted by atomic mass is 10.1. The number of carbonyl (C=O) groups is 1. The van der Waals surface area contributed by atoms with Crippen molar-refractivity contribution in [1.82, 2.24) is 0 Å². The molecule has 0 saturated heterocycles. The number of anilines is 1. The number of benzene rings is 2. The SMILES string of the molecule is NC(=O)Cc1ccccc1NCc1ccc(OC(F)F)c(F)c1. The summed E-state index contributed by atoms with van der Waals surface area (Å²) in [5, 5.41) is 3.06. The van der Waals surface area contributed by atoms with Crippen molar-refractivity contribution >= 4 is 11.6 Å². The zero-order valence-electron chi connectivity index (χ0n) is 12.1. The number of hydrogen-bond acceptors (Lipinski definition) is 3. The number of nitrogens with one attached hydrogen (secondary N) is 1. The first kappa shape index (κ1) is 16.7. The van der Waals surface area contributed by atoms with Crippen molar-refractivity contribution in [3.63, 3.8) is 0 Å². The Morgan fingerprint density at radius 3 is 2.61 bits per heavy atom. The second kappa shape index (κ2) is 7.53. The highest BCUT2D eigenvalue weighted by Gasteiger charge is 2.10. The van der Waals surface area contributed by atoms with Crippen LogP contribution in [-0.4, -0.2) is 12.5 Å². The Morgan fingerprint density at radius 2 is 1.96 bits per heavy atom. The Labute approximate surface area is 131 Å². The number of alkyl halides is 2. The lowest BCUT2D eigenvalue weighted by molar-refractivity contribution is -0.117. The first-order valence-corrected chi connectivity index (χ1v) is 6.79. The van der Waals surface area contributed by atoms with Gasteiger partial charge < -0.3 is 15.8 Å². The number of amides is 1. The molecule has 0 bridgehead atoms. The number of hydrogen-bond donors (Lipinski definition) is 2. The van der Waals surface area contributed by atoms with Gasteiger partial charge in [0.25, 0.3) is 0 Å². The standard InChI is InChI=1S/C16H15F3N2O2/c17-12-7-10(5-6-14(12)23-16(18)19)9-21-13-4-2-1-3-11(13)8-15(20)22/h1-7,16,21H,8-9H2,(H2,20,22). The molecule has 1 amide bonds. The first-order valence-electron chi connectivity index (χ1n) is 6.79. The molecule has 4 nitrogen and oxygen atoms in total. The summed E-state index contributed by atoms with van der Waals surface area (Å²) in [7, 11) is 0. The van der Waals surface area contributed by atoms with Crippen molar-refractivity contribution in [2.24, 2.45) is 5.73 Å². The molecule has 0 radical (unpaired) electrons. The largest absolute Gasteiger partial charge is 0.432 e. The number of carbonyl (C=O) groups excluding carboxylic acids is 1. The monoisotopic (exact) mass is 324 g/mol. The molecule has 0 aliphatic carbocycles. The highest BCUT2D eigenvalue weighted by atomic mass is 19.3. The van der Waals surface area contributed by atoms with Crippen molar-refractivity contribution in [2.75, 3.05) is 5.32 Å². The fraction of sp³-hybridized carbons (Fsp3) is 0.188. The van der Waals surface area contributed by atoms with Crippen LogP contribution >= 0.6 is 0 Å². The molecule has 0 fully saturated rings. The Bertz CT molecular complexity index is 693. The molecule has 0 aliphatic heterocycles. The van der Waals surface area contributed by atoms with Crippen LogP contribution in [0, 0.1) is 5.82 Å². The Balaban J connectivity index is 2.07. The van der Waals surface area contributed by atoms with E-state index in [0.717, 1.165) is 17.7 Å². The Kier molecular flexibility index (Phi) is 5.46. The van der Waals surface area contributed by atoms with Gasteiger partial charge in [0.1, 0.15) is 0 Å². The highest BCUT2D eigenvalue weighted by molar-refractivity contribution is 5.78. The molecule has 0 aromatic heterocycles. The second-order valence-electron chi connectivity index (χ2n) is 4.80. The van der Waals surface area contributed by atoms with Crippen LogP contribution in [0.1, 0.15) is 11.1 Å². The average Bonchev–Trinajstić information content (AvgIpc) is 2.48. The molecule has 23 heavy (non-hydrogen) atoms. The number of nitrogens with two attached hydrogens (primary N) is 1. The van der Waals surface area contributed by atoms with E-state index in [1.54, 1.807) is 24.3 Å². The summed E-state index contributed by atoms with van der Waals surface area (Å²) in [6, 6.07) is 10.8. The minimum atomic E-state index is -3.07. The summed E-state index contributed by atoms with van der Waals surface area (Å²) >= 11 is 0. The van der Waals surface area contributed by atoms with Crippen molar-refractivity contribution < 1.29 is 22.7 Å². The normalized spacial score (nSPS) is 10.6. The topological polar surface area (TPSA) is 64.4 Å². The van der Waals surface area contributed by atoms with Gasteiger partial charge in [-0.3, -0.25) is 4.79 Å². The van der Waals surface area contributed by atoms with E-state index in [1.807, 2.05) is 0 Å². The maximum atomic E-state index is 13.6. The molecular formula is C16H15F3N2O2. The van der Waals surface area contributed by atoms with Gasteiger partial charge in [-0.15, -0.1) is 0 Å². The van der Waals surface area contributed by atoms with Gasteiger partial charge in [0.15, 0.2) is 11.6 Å². The van der Waals surface area contributed by atoms with E-state index >= 15 is 0 Å². The maximum Gasteiger partial charge on any atom is 0.387 e. The van der Waals surface area contributed by atoms with Crippen LogP contribution in [0.15, 0.2) is 42.5 Å². The predicted octanol–water partition coefficient (Wildman–Crippen LogP) is 3.07. The molecule has 3 N–H and O–H groups in total. The van der Waals surface area contributed by atoms with Crippen molar-refractivity contribution in [2.45, 2.75) is 19.6 Å². The third-order valence-corrected chi connectivity index (χ3v) is 3.08. The third kappa shape index (κ3) is 4.91. The number of rotatable bonds is 7. The summed E-state index contributed by atoms with van der Waals surface area (Å²) < 4.78 is 41.8. The minimum Gasteiger partial charge on any atom is -0.432 e. The number of ether oxygens (including phenoxy) is 1. The van der Waals surface area contributed by atoms with Gasteiger partial charge in [0, 0.05) is 12.2 Å². The molecular weight excluding hydrogens is 309 g/mol. The molecule has 0 aliphatic rings. The Morgan fingerprint density at radius 1 is 1.22 bits per heavy atom. The number of primary amides is 1. The van der Waals surface area contributed by atoms with E-state index in [-0.39, 0.29) is 13.0 Å². The van der Waals surface area contributed by atoms with E-state index in [9.17, 15) is 18.0 Å². The van der Waals surface area contributed by atoms with Gasteiger partial charge in [0.05, 0.1) is 6.42 Å².